The van der Waals surface area contributed by atoms with Crippen LogP contribution in [0.25, 0.3) is 0 Å². The topological polar surface area (TPSA) is 118 Å². The van der Waals surface area contributed by atoms with E-state index in [9.17, 15) is 20.0 Å². The zero-order valence-electron chi connectivity index (χ0n) is 10.9. The molecule has 0 radical (unpaired) electrons. The Morgan fingerprint density at radius 3 is 2.85 bits per heavy atom. The highest BCUT2D eigenvalue weighted by Crippen LogP contribution is 2.27. The standard InChI is InChI=1S/C13H17N3O4/c14-7-9-2-1-3-10(9)15-13(18)8-4-5-11(16(19)20)12(17)6-8/h4-6,9-10,17H,1-3,7,14H2,(H,15,18). The van der Waals surface area contributed by atoms with Crippen LogP contribution in [0, 0.1) is 16.0 Å². The second kappa shape index (κ2) is 5.87. The fourth-order valence-corrected chi connectivity index (χ4v) is 2.58. The normalized spacial score (nSPS) is 21.6. The Morgan fingerprint density at radius 1 is 1.50 bits per heavy atom. The molecular weight excluding hydrogens is 262 g/mol. The number of phenolic OH excluding ortho intramolecular Hbond substituents is 1. The average molecular weight is 279 g/mol. The minimum atomic E-state index is -0.696. The fourth-order valence-electron chi connectivity index (χ4n) is 2.58. The quantitative estimate of drug-likeness (QED) is 0.564. The number of hydrogen-bond donors (Lipinski definition) is 3. The highest BCUT2D eigenvalue weighted by molar-refractivity contribution is 5.95. The molecule has 7 nitrogen and oxygen atoms in total. The number of nitrogens with two attached hydrogens (primary N) is 1. The number of nitro benzene ring substituents is 1. The molecule has 108 valence electrons. The first kappa shape index (κ1) is 14.3. The molecule has 2 unspecified atom stereocenters. The number of nitrogens with one attached hydrogen (secondary N) is 1. The maximum absolute atomic E-state index is 12.1. The molecule has 1 aliphatic rings. The van der Waals surface area contributed by atoms with E-state index in [1.54, 1.807) is 0 Å². The van der Waals surface area contributed by atoms with E-state index >= 15 is 0 Å². The van der Waals surface area contributed by atoms with Crippen LogP contribution in [0.2, 0.25) is 0 Å². The van der Waals surface area contributed by atoms with Gasteiger partial charge in [-0.25, -0.2) is 0 Å². The molecule has 0 aliphatic heterocycles. The van der Waals surface area contributed by atoms with E-state index in [-0.39, 0.29) is 23.4 Å². The van der Waals surface area contributed by atoms with Crippen molar-refractivity contribution >= 4 is 11.6 Å². The maximum atomic E-state index is 12.1. The first-order chi connectivity index (χ1) is 9.52. The average Bonchev–Trinajstić information content (AvgIpc) is 2.85. The molecule has 2 atom stereocenters. The van der Waals surface area contributed by atoms with Crippen LogP contribution in [0.3, 0.4) is 0 Å². The van der Waals surface area contributed by atoms with Crippen molar-refractivity contribution in [1.82, 2.24) is 5.32 Å². The Kier molecular flexibility index (Phi) is 4.19. The summed E-state index contributed by atoms with van der Waals surface area (Å²) < 4.78 is 0. The molecule has 1 aliphatic carbocycles. The monoisotopic (exact) mass is 279 g/mol. The van der Waals surface area contributed by atoms with Gasteiger partial charge in [0.15, 0.2) is 5.75 Å². The summed E-state index contributed by atoms with van der Waals surface area (Å²) in [6.45, 7) is 0.524. The molecule has 4 N–H and O–H groups in total. The van der Waals surface area contributed by atoms with Crippen LogP contribution < -0.4 is 11.1 Å². The Hall–Kier alpha value is -2.15. The van der Waals surface area contributed by atoms with Crippen LogP contribution in [0.5, 0.6) is 5.75 Å². The smallest absolute Gasteiger partial charge is 0.310 e. The summed E-state index contributed by atoms with van der Waals surface area (Å²) in [5.41, 5.74) is 5.44. The van der Waals surface area contributed by atoms with Gasteiger partial charge in [0.25, 0.3) is 5.91 Å². The number of rotatable bonds is 4. The Morgan fingerprint density at radius 2 is 2.25 bits per heavy atom. The minimum absolute atomic E-state index is 0.0323. The van der Waals surface area contributed by atoms with Crippen LogP contribution in [0.1, 0.15) is 29.6 Å². The Bertz CT molecular complexity index is 532. The molecule has 1 aromatic carbocycles. The van der Waals surface area contributed by atoms with Gasteiger partial charge in [-0.2, -0.15) is 0 Å². The van der Waals surface area contributed by atoms with Crippen molar-refractivity contribution in [3.05, 3.63) is 33.9 Å². The summed E-state index contributed by atoms with van der Waals surface area (Å²) >= 11 is 0. The molecule has 1 saturated carbocycles. The third-order valence-electron chi connectivity index (χ3n) is 3.71. The summed E-state index contributed by atoms with van der Waals surface area (Å²) in [6, 6.07) is 3.60. The van der Waals surface area contributed by atoms with Crippen molar-refractivity contribution in [2.75, 3.05) is 6.54 Å². The number of amides is 1. The Balaban J connectivity index is 2.10. The second-order valence-corrected chi connectivity index (χ2v) is 4.97. The third-order valence-corrected chi connectivity index (χ3v) is 3.71. The van der Waals surface area contributed by atoms with Crippen LogP contribution in [-0.4, -0.2) is 28.5 Å². The third kappa shape index (κ3) is 2.88. The van der Waals surface area contributed by atoms with Gasteiger partial charge in [0.2, 0.25) is 0 Å². The van der Waals surface area contributed by atoms with Gasteiger partial charge < -0.3 is 16.2 Å². The van der Waals surface area contributed by atoms with Crippen LogP contribution >= 0.6 is 0 Å². The van der Waals surface area contributed by atoms with E-state index < -0.39 is 16.4 Å². The van der Waals surface area contributed by atoms with E-state index in [0.717, 1.165) is 31.4 Å². The number of phenols is 1. The molecule has 1 aromatic rings. The van der Waals surface area contributed by atoms with E-state index in [2.05, 4.69) is 5.32 Å². The summed E-state index contributed by atoms with van der Waals surface area (Å²) in [7, 11) is 0. The number of aromatic hydroxyl groups is 1. The van der Waals surface area contributed by atoms with Crippen molar-refractivity contribution < 1.29 is 14.8 Å². The van der Waals surface area contributed by atoms with Crippen LogP contribution in [0.15, 0.2) is 18.2 Å². The molecule has 2 rings (SSSR count). The van der Waals surface area contributed by atoms with Crippen molar-refractivity contribution in [2.24, 2.45) is 11.7 Å². The lowest BCUT2D eigenvalue weighted by Crippen LogP contribution is -2.39. The van der Waals surface area contributed by atoms with Gasteiger partial charge in [0, 0.05) is 17.7 Å². The van der Waals surface area contributed by atoms with Crippen molar-refractivity contribution in [3.63, 3.8) is 0 Å². The number of nitrogens with zero attached hydrogens (tertiary/aromatic N) is 1. The number of benzene rings is 1. The molecule has 1 fully saturated rings. The molecule has 0 aromatic heterocycles. The van der Waals surface area contributed by atoms with Crippen molar-refractivity contribution in [2.45, 2.75) is 25.3 Å². The summed E-state index contributed by atoms with van der Waals surface area (Å²) in [4.78, 5) is 22.0. The van der Waals surface area contributed by atoms with Gasteiger partial charge in [-0.1, -0.05) is 6.42 Å². The van der Waals surface area contributed by atoms with E-state index in [4.69, 9.17) is 5.73 Å². The molecule has 0 heterocycles. The van der Waals surface area contributed by atoms with Gasteiger partial charge >= 0.3 is 5.69 Å². The molecule has 1 amide bonds. The largest absolute Gasteiger partial charge is 0.502 e. The predicted octanol–water partition coefficient (Wildman–Crippen LogP) is 1.16. The highest BCUT2D eigenvalue weighted by Gasteiger charge is 2.28. The molecule has 7 heteroatoms. The van der Waals surface area contributed by atoms with E-state index in [1.807, 2.05) is 0 Å². The summed E-state index contributed by atoms with van der Waals surface area (Å²) in [6.07, 6.45) is 2.90. The predicted molar refractivity (Wildman–Crippen MR) is 72.4 cm³/mol. The molecule has 0 spiro atoms. The number of carbonyl (C=O) groups excluding carboxylic acids is 1. The summed E-state index contributed by atoms with van der Waals surface area (Å²) in [5, 5.41) is 23.0. The SMILES string of the molecule is NCC1CCCC1NC(=O)c1ccc([N+](=O)[O-])c(O)c1. The first-order valence-electron chi connectivity index (χ1n) is 6.51. The lowest BCUT2D eigenvalue weighted by molar-refractivity contribution is -0.385. The number of nitro groups is 1. The van der Waals surface area contributed by atoms with E-state index in [0.29, 0.717) is 6.54 Å². The van der Waals surface area contributed by atoms with Gasteiger partial charge in [-0.3, -0.25) is 14.9 Å². The first-order valence-corrected chi connectivity index (χ1v) is 6.51. The van der Waals surface area contributed by atoms with Gasteiger partial charge in [0.1, 0.15) is 0 Å². The highest BCUT2D eigenvalue weighted by atomic mass is 16.6. The fraction of sp³-hybridized carbons (Fsp3) is 0.462. The molecule has 20 heavy (non-hydrogen) atoms. The van der Waals surface area contributed by atoms with Crippen molar-refractivity contribution in [3.8, 4) is 5.75 Å². The zero-order valence-corrected chi connectivity index (χ0v) is 10.9. The summed E-state index contributed by atoms with van der Waals surface area (Å²) in [5.74, 6) is -0.587. The molecular formula is C13H17N3O4. The lowest BCUT2D eigenvalue weighted by Gasteiger charge is -2.19. The van der Waals surface area contributed by atoms with Gasteiger partial charge in [0.05, 0.1) is 4.92 Å². The van der Waals surface area contributed by atoms with E-state index in [1.165, 1.54) is 6.07 Å². The number of hydrogen-bond acceptors (Lipinski definition) is 5. The van der Waals surface area contributed by atoms with Crippen molar-refractivity contribution in [1.29, 1.82) is 0 Å². The maximum Gasteiger partial charge on any atom is 0.310 e. The molecule has 0 saturated heterocycles. The Labute approximate surface area is 115 Å². The zero-order chi connectivity index (χ0) is 14.7. The van der Waals surface area contributed by atoms with Gasteiger partial charge in [-0.15, -0.1) is 0 Å². The van der Waals surface area contributed by atoms with Crippen LogP contribution in [0.4, 0.5) is 5.69 Å². The molecule has 0 bridgehead atoms. The number of carbonyl (C=O) groups is 1. The van der Waals surface area contributed by atoms with Crippen LogP contribution in [-0.2, 0) is 0 Å². The van der Waals surface area contributed by atoms with Gasteiger partial charge in [-0.05, 0) is 37.4 Å². The minimum Gasteiger partial charge on any atom is -0.502 e. The second-order valence-electron chi connectivity index (χ2n) is 4.97. The lowest BCUT2D eigenvalue weighted by atomic mass is 10.0.